The fourth-order valence-corrected chi connectivity index (χ4v) is 2.80. The van der Waals surface area contributed by atoms with E-state index in [1.807, 2.05) is 0 Å². The molecule has 0 unspecified atom stereocenters. The van der Waals surface area contributed by atoms with E-state index < -0.39 is 23.5 Å². The van der Waals surface area contributed by atoms with Crippen LogP contribution < -0.4 is 15.0 Å². The quantitative estimate of drug-likeness (QED) is 0.807. The van der Waals surface area contributed by atoms with Crippen molar-refractivity contribution in [2.24, 2.45) is 0 Å². The number of aromatic nitrogens is 1. The third kappa shape index (κ3) is 4.87. The highest BCUT2D eigenvalue weighted by atomic mass is 19.4. The lowest BCUT2D eigenvalue weighted by molar-refractivity contribution is -0.137. The lowest BCUT2D eigenvalue weighted by atomic mass is 10.2. The second-order valence-electron chi connectivity index (χ2n) is 6.12. The van der Waals surface area contributed by atoms with Gasteiger partial charge >= 0.3 is 6.18 Å². The van der Waals surface area contributed by atoms with E-state index in [1.165, 1.54) is 24.3 Å². The SMILES string of the molecule is O=C(COc1ccccc1F)N[C@H]1CCN(c2ccc(C(F)(F)F)cn2)C1. The number of carbonyl (C=O) groups excluding carboxylic acids is 1. The molecule has 2 aromatic rings. The molecule has 1 saturated heterocycles. The van der Waals surface area contributed by atoms with Crippen molar-refractivity contribution in [3.8, 4) is 5.75 Å². The van der Waals surface area contributed by atoms with Gasteiger partial charge in [0.25, 0.3) is 5.91 Å². The number of halogens is 4. The summed E-state index contributed by atoms with van der Waals surface area (Å²) in [7, 11) is 0. The number of pyridine rings is 1. The second kappa shape index (κ2) is 7.81. The minimum Gasteiger partial charge on any atom is -0.481 e. The first kappa shape index (κ1) is 18.9. The maximum Gasteiger partial charge on any atom is 0.417 e. The number of anilines is 1. The van der Waals surface area contributed by atoms with Crippen LogP contribution in [0.3, 0.4) is 0 Å². The van der Waals surface area contributed by atoms with Gasteiger partial charge in [-0.3, -0.25) is 4.79 Å². The first-order valence-corrected chi connectivity index (χ1v) is 8.28. The normalized spacial score (nSPS) is 17.0. The number of hydrogen-bond acceptors (Lipinski definition) is 4. The van der Waals surface area contributed by atoms with Gasteiger partial charge in [0.2, 0.25) is 0 Å². The maximum atomic E-state index is 13.4. The topological polar surface area (TPSA) is 54.5 Å². The molecule has 0 aliphatic carbocycles. The molecule has 5 nitrogen and oxygen atoms in total. The van der Waals surface area contributed by atoms with Gasteiger partial charge < -0.3 is 15.0 Å². The van der Waals surface area contributed by atoms with E-state index in [4.69, 9.17) is 4.74 Å². The number of hydrogen-bond donors (Lipinski definition) is 1. The van der Waals surface area contributed by atoms with Crippen molar-refractivity contribution in [1.29, 1.82) is 0 Å². The van der Waals surface area contributed by atoms with Gasteiger partial charge in [0.05, 0.1) is 5.56 Å². The number of nitrogens with zero attached hydrogens (tertiary/aromatic N) is 2. The van der Waals surface area contributed by atoms with E-state index in [9.17, 15) is 22.4 Å². The number of para-hydroxylation sites is 1. The fourth-order valence-electron chi connectivity index (χ4n) is 2.80. The maximum absolute atomic E-state index is 13.4. The van der Waals surface area contributed by atoms with Gasteiger partial charge in [0, 0.05) is 25.3 Å². The molecule has 3 rings (SSSR count). The Morgan fingerprint density at radius 2 is 2.04 bits per heavy atom. The molecule has 9 heteroatoms. The zero-order valence-corrected chi connectivity index (χ0v) is 14.2. The van der Waals surface area contributed by atoms with Crippen LogP contribution >= 0.6 is 0 Å². The number of amides is 1. The lowest BCUT2D eigenvalue weighted by Gasteiger charge is -2.18. The van der Waals surface area contributed by atoms with Crippen molar-refractivity contribution in [3.05, 3.63) is 54.0 Å². The molecule has 1 N–H and O–H groups in total. The standard InChI is InChI=1S/C18H17F4N3O2/c19-14-3-1-2-4-15(14)27-11-17(26)24-13-7-8-25(10-13)16-6-5-12(9-23-16)18(20,21)22/h1-6,9,13H,7-8,10-11H2,(H,24,26)/t13-/m0/s1. The molecule has 0 spiro atoms. The van der Waals surface area contributed by atoms with Crippen molar-refractivity contribution in [1.82, 2.24) is 10.3 Å². The molecule has 0 saturated carbocycles. The van der Waals surface area contributed by atoms with E-state index in [0.717, 1.165) is 12.3 Å². The predicted octanol–water partition coefficient (Wildman–Crippen LogP) is 3.01. The van der Waals surface area contributed by atoms with Crippen molar-refractivity contribution in [3.63, 3.8) is 0 Å². The predicted molar refractivity (Wildman–Crippen MR) is 89.9 cm³/mol. The Balaban J connectivity index is 1.49. The molecule has 2 heterocycles. The number of ether oxygens (including phenoxy) is 1. The Labute approximate surface area is 153 Å². The van der Waals surface area contributed by atoms with Crippen molar-refractivity contribution >= 4 is 11.7 Å². The summed E-state index contributed by atoms with van der Waals surface area (Å²) >= 11 is 0. The number of benzene rings is 1. The van der Waals surface area contributed by atoms with Crippen LogP contribution in [0.25, 0.3) is 0 Å². The fraction of sp³-hybridized carbons (Fsp3) is 0.333. The highest BCUT2D eigenvalue weighted by Gasteiger charge is 2.31. The molecule has 0 bridgehead atoms. The Hall–Kier alpha value is -2.84. The highest BCUT2D eigenvalue weighted by Crippen LogP contribution is 2.29. The number of rotatable bonds is 5. The van der Waals surface area contributed by atoms with Gasteiger partial charge in [-0.1, -0.05) is 12.1 Å². The van der Waals surface area contributed by atoms with Gasteiger partial charge in [-0.2, -0.15) is 13.2 Å². The summed E-state index contributed by atoms with van der Waals surface area (Å²) in [6.45, 7) is 0.650. The van der Waals surface area contributed by atoms with Crippen LogP contribution in [0.15, 0.2) is 42.6 Å². The molecule has 1 atom stereocenters. The Morgan fingerprint density at radius 3 is 2.70 bits per heavy atom. The molecule has 144 valence electrons. The molecule has 0 radical (unpaired) electrons. The lowest BCUT2D eigenvalue weighted by Crippen LogP contribution is -2.39. The number of carbonyl (C=O) groups is 1. The van der Waals surface area contributed by atoms with Gasteiger partial charge in [0.15, 0.2) is 18.2 Å². The molecule has 27 heavy (non-hydrogen) atoms. The van der Waals surface area contributed by atoms with E-state index in [0.29, 0.717) is 25.3 Å². The molecular formula is C18H17F4N3O2. The molecular weight excluding hydrogens is 366 g/mol. The summed E-state index contributed by atoms with van der Waals surface area (Å²) < 4.78 is 56.3. The van der Waals surface area contributed by atoms with E-state index in [2.05, 4.69) is 10.3 Å². The molecule has 1 aromatic heterocycles. The van der Waals surface area contributed by atoms with Gasteiger partial charge in [-0.15, -0.1) is 0 Å². The van der Waals surface area contributed by atoms with E-state index in [1.54, 1.807) is 11.0 Å². The second-order valence-corrected chi connectivity index (χ2v) is 6.12. The van der Waals surface area contributed by atoms with E-state index in [-0.39, 0.29) is 18.4 Å². The molecule has 1 aliphatic heterocycles. The van der Waals surface area contributed by atoms with Crippen LogP contribution in [-0.2, 0) is 11.0 Å². The first-order chi connectivity index (χ1) is 12.8. The van der Waals surface area contributed by atoms with Crippen LogP contribution in [0, 0.1) is 5.82 Å². The summed E-state index contributed by atoms with van der Waals surface area (Å²) in [4.78, 5) is 17.6. The van der Waals surface area contributed by atoms with Gasteiger partial charge in [-0.25, -0.2) is 9.37 Å². The summed E-state index contributed by atoms with van der Waals surface area (Å²) in [5.41, 5.74) is -0.805. The van der Waals surface area contributed by atoms with Crippen LogP contribution in [0.4, 0.5) is 23.4 Å². The number of alkyl halides is 3. The molecule has 1 aromatic carbocycles. The minimum atomic E-state index is -4.43. The average molecular weight is 383 g/mol. The zero-order valence-electron chi connectivity index (χ0n) is 14.2. The van der Waals surface area contributed by atoms with Crippen molar-refractivity contribution < 1.29 is 27.1 Å². The third-order valence-electron chi connectivity index (χ3n) is 4.15. The van der Waals surface area contributed by atoms with Crippen LogP contribution in [0.1, 0.15) is 12.0 Å². The smallest absolute Gasteiger partial charge is 0.417 e. The highest BCUT2D eigenvalue weighted by molar-refractivity contribution is 5.78. The van der Waals surface area contributed by atoms with Gasteiger partial charge in [0.1, 0.15) is 5.82 Å². The number of nitrogens with one attached hydrogen (secondary N) is 1. The monoisotopic (exact) mass is 383 g/mol. The summed E-state index contributed by atoms with van der Waals surface area (Å²) in [6, 6.07) is 7.89. The third-order valence-corrected chi connectivity index (χ3v) is 4.15. The van der Waals surface area contributed by atoms with Crippen molar-refractivity contribution in [2.75, 3.05) is 24.6 Å². The summed E-state index contributed by atoms with van der Waals surface area (Å²) in [5.74, 6) is -0.534. The van der Waals surface area contributed by atoms with Gasteiger partial charge in [-0.05, 0) is 30.7 Å². The van der Waals surface area contributed by atoms with Crippen LogP contribution in [0.5, 0.6) is 5.75 Å². The Morgan fingerprint density at radius 1 is 1.26 bits per heavy atom. The average Bonchev–Trinajstić information content (AvgIpc) is 3.09. The summed E-state index contributed by atoms with van der Waals surface area (Å²) in [5, 5.41) is 2.77. The Bertz CT molecular complexity index is 796. The van der Waals surface area contributed by atoms with E-state index >= 15 is 0 Å². The largest absolute Gasteiger partial charge is 0.481 e. The van der Waals surface area contributed by atoms with Crippen LogP contribution in [0.2, 0.25) is 0 Å². The molecule has 1 fully saturated rings. The Kier molecular flexibility index (Phi) is 5.48. The zero-order chi connectivity index (χ0) is 19.4. The van der Waals surface area contributed by atoms with Crippen LogP contribution in [-0.4, -0.2) is 36.6 Å². The van der Waals surface area contributed by atoms with Crippen molar-refractivity contribution in [2.45, 2.75) is 18.6 Å². The first-order valence-electron chi connectivity index (χ1n) is 8.28. The minimum absolute atomic E-state index is 0.00495. The molecule has 1 amide bonds. The summed E-state index contributed by atoms with van der Waals surface area (Å²) in [6.07, 6.45) is -3.01. The molecule has 1 aliphatic rings.